The second kappa shape index (κ2) is 19.9. The van der Waals surface area contributed by atoms with Gasteiger partial charge in [-0.05, 0) is 51.9 Å². The van der Waals surface area contributed by atoms with Crippen LogP contribution in [-0.4, -0.2) is 21.8 Å². The largest absolute Gasteiger partial charge is 0.481 e. The first-order chi connectivity index (χ1) is 12.7. The number of carboxylic acid groups (broad SMARTS) is 1. The van der Waals surface area contributed by atoms with Gasteiger partial charge >= 0.3 is 5.97 Å². The van der Waals surface area contributed by atoms with Crippen molar-refractivity contribution >= 4 is 5.97 Å². The van der Waals surface area contributed by atoms with E-state index in [1.165, 1.54) is 70.6 Å². The Balaban J connectivity index is 0. The molecule has 0 radical (unpaired) electrons. The molecule has 0 heterocycles. The van der Waals surface area contributed by atoms with E-state index >= 15 is 0 Å². The Hall–Kier alpha value is -0.830. The van der Waals surface area contributed by atoms with E-state index in [1.54, 1.807) is 0 Å². The Morgan fingerprint density at radius 1 is 0.815 bits per heavy atom. The van der Waals surface area contributed by atoms with E-state index in [1.807, 2.05) is 27.7 Å². The molecule has 3 nitrogen and oxygen atoms in total. The predicted molar refractivity (Wildman–Crippen MR) is 118 cm³/mol. The lowest BCUT2D eigenvalue weighted by Gasteiger charge is -2.21. The third-order valence-corrected chi connectivity index (χ3v) is 5.07. The van der Waals surface area contributed by atoms with E-state index in [2.05, 4.69) is 19.1 Å². The van der Waals surface area contributed by atoms with Crippen molar-refractivity contribution < 1.29 is 15.0 Å². The van der Waals surface area contributed by atoms with Crippen LogP contribution in [0.1, 0.15) is 125 Å². The lowest BCUT2D eigenvalue weighted by molar-refractivity contribution is -0.137. The molecule has 0 aromatic heterocycles. The molecule has 2 N–H and O–H groups in total. The van der Waals surface area contributed by atoms with Crippen LogP contribution in [0.4, 0.5) is 0 Å². The lowest BCUT2D eigenvalue weighted by atomic mass is 9.95. The van der Waals surface area contributed by atoms with Crippen LogP contribution in [0.15, 0.2) is 12.2 Å². The van der Waals surface area contributed by atoms with Gasteiger partial charge in [-0.1, -0.05) is 84.3 Å². The summed E-state index contributed by atoms with van der Waals surface area (Å²) >= 11 is 0. The highest BCUT2D eigenvalue weighted by Crippen LogP contribution is 2.13. The Labute approximate surface area is 169 Å². The highest BCUT2D eigenvalue weighted by molar-refractivity contribution is 5.66. The topological polar surface area (TPSA) is 57.5 Å². The minimum atomic E-state index is -0.664. The zero-order valence-corrected chi connectivity index (χ0v) is 18.9. The average molecular weight is 385 g/mol. The summed E-state index contributed by atoms with van der Waals surface area (Å²) in [6.07, 6.45) is 21.2. The van der Waals surface area contributed by atoms with Crippen LogP contribution in [0.2, 0.25) is 0 Å². The van der Waals surface area contributed by atoms with Crippen LogP contribution in [0.5, 0.6) is 0 Å². The van der Waals surface area contributed by atoms with Gasteiger partial charge in [0.15, 0.2) is 0 Å². The quantitative estimate of drug-likeness (QED) is 0.214. The van der Waals surface area contributed by atoms with E-state index in [9.17, 15) is 4.79 Å². The van der Waals surface area contributed by atoms with Crippen LogP contribution >= 0.6 is 0 Å². The summed E-state index contributed by atoms with van der Waals surface area (Å²) in [5.74, 6) is -0.310. The molecular formula is C24H48O3. The van der Waals surface area contributed by atoms with E-state index < -0.39 is 11.6 Å². The Morgan fingerprint density at radius 2 is 1.19 bits per heavy atom. The maximum absolute atomic E-state index is 10.3. The predicted octanol–water partition coefficient (Wildman–Crippen LogP) is 7.52. The van der Waals surface area contributed by atoms with Gasteiger partial charge < -0.3 is 10.2 Å². The lowest BCUT2D eigenvalue weighted by Crippen LogP contribution is -2.25. The fourth-order valence-corrected chi connectivity index (χ4v) is 2.35. The summed E-state index contributed by atoms with van der Waals surface area (Å²) in [6.45, 7) is 9.89. The molecule has 162 valence electrons. The van der Waals surface area contributed by atoms with Gasteiger partial charge in [-0.2, -0.15) is 0 Å². The van der Waals surface area contributed by atoms with Crippen molar-refractivity contribution in [2.75, 3.05) is 0 Å². The van der Waals surface area contributed by atoms with Crippen molar-refractivity contribution in [1.29, 1.82) is 0 Å². The molecule has 0 aromatic rings. The molecule has 0 unspecified atom stereocenters. The maximum Gasteiger partial charge on any atom is 0.303 e. The summed E-state index contributed by atoms with van der Waals surface area (Å²) in [5.41, 5.74) is -0.500. The van der Waals surface area contributed by atoms with Gasteiger partial charge in [0.1, 0.15) is 0 Å². The minimum absolute atomic E-state index is 0.332. The molecule has 0 amide bonds. The summed E-state index contributed by atoms with van der Waals surface area (Å²) in [5, 5.41) is 17.6. The molecule has 0 aliphatic heterocycles. The Morgan fingerprint density at radius 3 is 1.56 bits per heavy atom. The van der Waals surface area contributed by atoms with Crippen molar-refractivity contribution in [3.05, 3.63) is 12.2 Å². The third-order valence-electron chi connectivity index (χ3n) is 5.07. The van der Waals surface area contributed by atoms with Crippen LogP contribution in [-0.2, 0) is 4.79 Å². The number of hydrogen-bond acceptors (Lipinski definition) is 2. The fraction of sp³-hybridized carbons (Fsp3) is 0.875. The zero-order chi connectivity index (χ0) is 21.0. The fourth-order valence-electron chi connectivity index (χ4n) is 2.35. The van der Waals surface area contributed by atoms with Crippen LogP contribution < -0.4 is 0 Å². The first-order valence-corrected chi connectivity index (χ1v) is 11.3. The molecule has 0 rings (SSSR count). The normalized spacial score (nSPS) is 11.7. The molecule has 0 saturated heterocycles. The van der Waals surface area contributed by atoms with Gasteiger partial charge in [-0.3, -0.25) is 4.79 Å². The molecule has 0 fully saturated rings. The highest BCUT2D eigenvalue weighted by Gasteiger charge is 2.16. The zero-order valence-electron chi connectivity index (χ0n) is 18.9. The number of carboxylic acids is 1. The molecule has 0 atom stereocenters. The first-order valence-electron chi connectivity index (χ1n) is 11.3. The second-order valence-corrected chi connectivity index (χ2v) is 8.54. The smallest absolute Gasteiger partial charge is 0.303 e. The number of allylic oxidation sites excluding steroid dienone is 2. The monoisotopic (exact) mass is 384 g/mol. The Kier molecular flexibility index (Phi) is 20.9. The standard InChI is InChI=1S/C18H34O2.C6H14O/c1-2-3-4-5-6-7-8-9-10-11-12-13-14-15-16-17-18(19)20;1-5(2)6(3,4)7/h9-10H,2-8,11-17H2,1H3,(H,19,20);5,7H,1-4H3. The van der Waals surface area contributed by atoms with E-state index in [-0.39, 0.29) is 0 Å². The number of aliphatic hydroxyl groups is 1. The molecule has 0 aromatic carbocycles. The van der Waals surface area contributed by atoms with Crippen molar-refractivity contribution in [3.8, 4) is 0 Å². The van der Waals surface area contributed by atoms with Gasteiger partial charge in [0.2, 0.25) is 0 Å². The van der Waals surface area contributed by atoms with Crippen LogP contribution in [0.25, 0.3) is 0 Å². The van der Waals surface area contributed by atoms with Crippen molar-refractivity contribution in [3.63, 3.8) is 0 Å². The maximum atomic E-state index is 10.3. The van der Waals surface area contributed by atoms with Crippen molar-refractivity contribution in [2.24, 2.45) is 5.92 Å². The molecule has 0 aliphatic carbocycles. The van der Waals surface area contributed by atoms with Gasteiger partial charge in [0.05, 0.1) is 5.60 Å². The van der Waals surface area contributed by atoms with Crippen molar-refractivity contribution in [1.82, 2.24) is 0 Å². The van der Waals surface area contributed by atoms with Gasteiger partial charge in [0, 0.05) is 6.42 Å². The van der Waals surface area contributed by atoms with E-state index in [0.717, 1.165) is 12.8 Å². The summed E-state index contributed by atoms with van der Waals surface area (Å²) in [4.78, 5) is 10.3. The van der Waals surface area contributed by atoms with E-state index in [0.29, 0.717) is 12.3 Å². The number of hydrogen-bond donors (Lipinski definition) is 2. The molecule has 0 bridgehead atoms. The molecule has 0 aliphatic rings. The van der Waals surface area contributed by atoms with Crippen LogP contribution in [0, 0.1) is 5.92 Å². The van der Waals surface area contributed by atoms with Gasteiger partial charge in [-0.25, -0.2) is 0 Å². The SMILES string of the molecule is CC(C)C(C)(C)O.CCCCCCCCC=CCCCCCCCC(=O)O. The number of aliphatic carboxylic acids is 1. The van der Waals surface area contributed by atoms with E-state index in [4.69, 9.17) is 10.2 Å². The van der Waals surface area contributed by atoms with Crippen LogP contribution in [0.3, 0.4) is 0 Å². The molecule has 0 spiro atoms. The molecule has 27 heavy (non-hydrogen) atoms. The molecule has 3 heteroatoms. The summed E-state index contributed by atoms with van der Waals surface area (Å²) < 4.78 is 0. The van der Waals surface area contributed by atoms with Crippen molar-refractivity contribution in [2.45, 2.75) is 130 Å². The molecular weight excluding hydrogens is 336 g/mol. The minimum Gasteiger partial charge on any atom is -0.481 e. The Bertz CT molecular complexity index is 340. The van der Waals surface area contributed by atoms with Gasteiger partial charge in [-0.15, -0.1) is 0 Å². The highest BCUT2D eigenvalue weighted by atomic mass is 16.4. The average Bonchev–Trinajstić information content (AvgIpc) is 2.57. The van der Waals surface area contributed by atoms with Gasteiger partial charge in [0.25, 0.3) is 0 Å². The number of unbranched alkanes of at least 4 members (excludes halogenated alkanes) is 11. The third kappa shape index (κ3) is 27.5. The number of carbonyl (C=O) groups is 1. The number of rotatable bonds is 16. The second-order valence-electron chi connectivity index (χ2n) is 8.54. The molecule has 0 saturated carbocycles. The summed E-state index contributed by atoms with van der Waals surface area (Å²) in [7, 11) is 0. The summed E-state index contributed by atoms with van der Waals surface area (Å²) in [6, 6.07) is 0. The first kappa shape index (κ1) is 28.4.